The number of carbonyl (C=O) groups is 1. The molecule has 0 saturated heterocycles. The van der Waals surface area contributed by atoms with Gasteiger partial charge in [0.2, 0.25) is 0 Å². The molecule has 0 aliphatic rings. The second-order valence-corrected chi connectivity index (χ2v) is 8.44. The number of benzene rings is 1. The lowest BCUT2D eigenvalue weighted by molar-refractivity contribution is -0.137. The van der Waals surface area contributed by atoms with Crippen molar-refractivity contribution < 1.29 is 22.7 Å². The van der Waals surface area contributed by atoms with E-state index >= 15 is 0 Å². The van der Waals surface area contributed by atoms with Crippen LogP contribution in [0, 0.1) is 0 Å². The molecule has 2 N–H and O–H groups in total. The lowest BCUT2D eigenvalue weighted by Gasteiger charge is -2.19. The SMILES string of the molecule is CC(C)(C)OC(=O)NCCCn1nc(Nc2nccs2)c2cc(C(F)(F)F)ccc21. The van der Waals surface area contributed by atoms with Crippen LogP contribution in [0.4, 0.5) is 28.9 Å². The quantitative estimate of drug-likeness (QED) is 0.516. The highest BCUT2D eigenvalue weighted by Crippen LogP contribution is 2.34. The number of alkyl halides is 3. The van der Waals surface area contributed by atoms with Crippen molar-refractivity contribution in [3.8, 4) is 0 Å². The molecule has 1 amide bonds. The van der Waals surface area contributed by atoms with Gasteiger partial charge in [0.15, 0.2) is 10.9 Å². The first-order valence-corrected chi connectivity index (χ1v) is 10.1. The molecule has 11 heteroatoms. The van der Waals surface area contributed by atoms with E-state index in [2.05, 4.69) is 20.7 Å². The highest BCUT2D eigenvalue weighted by atomic mass is 32.1. The van der Waals surface area contributed by atoms with Gasteiger partial charge in [-0.25, -0.2) is 9.78 Å². The number of thiazole rings is 1. The van der Waals surface area contributed by atoms with Crippen LogP contribution in [-0.2, 0) is 17.5 Å². The maximum atomic E-state index is 13.2. The number of anilines is 2. The van der Waals surface area contributed by atoms with Crippen LogP contribution >= 0.6 is 11.3 Å². The Balaban J connectivity index is 1.76. The van der Waals surface area contributed by atoms with Gasteiger partial charge in [-0.3, -0.25) is 4.68 Å². The Morgan fingerprint density at radius 3 is 2.67 bits per heavy atom. The molecule has 2 aromatic heterocycles. The Bertz CT molecular complexity index is 1010. The number of nitrogens with zero attached hydrogens (tertiary/aromatic N) is 3. The smallest absolute Gasteiger partial charge is 0.416 e. The molecule has 0 saturated carbocycles. The third-order valence-electron chi connectivity index (χ3n) is 3.95. The molecule has 0 aliphatic carbocycles. The molecule has 0 atom stereocenters. The van der Waals surface area contributed by atoms with Gasteiger partial charge in [0.25, 0.3) is 0 Å². The fraction of sp³-hybridized carbons (Fsp3) is 0.421. The first-order chi connectivity index (χ1) is 14.0. The van der Waals surface area contributed by atoms with Gasteiger partial charge in [0.05, 0.1) is 11.1 Å². The van der Waals surface area contributed by atoms with E-state index in [1.165, 1.54) is 17.4 Å². The Kier molecular flexibility index (Phi) is 6.20. The van der Waals surface area contributed by atoms with Crippen molar-refractivity contribution >= 4 is 39.3 Å². The number of rotatable bonds is 6. The summed E-state index contributed by atoms with van der Waals surface area (Å²) in [5.41, 5.74) is -0.780. The van der Waals surface area contributed by atoms with Gasteiger partial charge in [-0.2, -0.15) is 18.3 Å². The largest absolute Gasteiger partial charge is 0.444 e. The fourth-order valence-corrected chi connectivity index (χ4v) is 3.27. The summed E-state index contributed by atoms with van der Waals surface area (Å²) >= 11 is 1.32. The monoisotopic (exact) mass is 441 g/mol. The van der Waals surface area contributed by atoms with Gasteiger partial charge in [-0.15, -0.1) is 11.3 Å². The average molecular weight is 441 g/mol. The number of nitrogens with one attached hydrogen (secondary N) is 2. The third-order valence-corrected chi connectivity index (χ3v) is 4.64. The van der Waals surface area contributed by atoms with Crippen LogP contribution < -0.4 is 10.6 Å². The van der Waals surface area contributed by atoms with Gasteiger partial charge < -0.3 is 15.4 Å². The van der Waals surface area contributed by atoms with E-state index in [1.807, 2.05) is 0 Å². The van der Waals surface area contributed by atoms with Crippen molar-refractivity contribution in [3.63, 3.8) is 0 Å². The highest BCUT2D eigenvalue weighted by Gasteiger charge is 2.31. The van der Waals surface area contributed by atoms with Crippen molar-refractivity contribution in [3.05, 3.63) is 35.3 Å². The summed E-state index contributed by atoms with van der Waals surface area (Å²) in [7, 11) is 0. The van der Waals surface area contributed by atoms with Crippen molar-refractivity contribution in [2.24, 2.45) is 0 Å². The number of alkyl carbamates (subject to hydrolysis) is 1. The average Bonchev–Trinajstić information content (AvgIpc) is 3.25. The van der Waals surface area contributed by atoms with E-state index in [4.69, 9.17) is 4.74 Å². The molecule has 7 nitrogen and oxygen atoms in total. The first-order valence-electron chi connectivity index (χ1n) is 9.24. The zero-order valence-electron chi connectivity index (χ0n) is 16.7. The third kappa shape index (κ3) is 5.62. The van der Waals surface area contributed by atoms with E-state index in [1.54, 1.807) is 37.0 Å². The highest BCUT2D eigenvalue weighted by molar-refractivity contribution is 7.13. The van der Waals surface area contributed by atoms with Gasteiger partial charge in [-0.1, -0.05) is 0 Å². The minimum atomic E-state index is -4.45. The van der Waals surface area contributed by atoms with Crippen molar-refractivity contribution in [1.29, 1.82) is 0 Å². The number of halogens is 3. The predicted molar refractivity (Wildman–Crippen MR) is 109 cm³/mol. The zero-order valence-corrected chi connectivity index (χ0v) is 17.5. The lowest BCUT2D eigenvalue weighted by Crippen LogP contribution is -2.33. The van der Waals surface area contributed by atoms with Crippen LogP contribution in [0.5, 0.6) is 0 Å². The molecular weight excluding hydrogens is 419 g/mol. The molecule has 3 rings (SSSR count). The summed E-state index contributed by atoms with van der Waals surface area (Å²) < 4.78 is 46.3. The van der Waals surface area contributed by atoms with Crippen LogP contribution in [0.2, 0.25) is 0 Å². The second-order valence-electron chi connectivity index (χ2n) is 7.55. The van der Waals surface area contributed by atoms with Crippen molar-refractivity contribution in [1.82, 2.24) is 20.1 Å². The molecular formula is C19H22F3N5O2S. The van der Waals surface area contributed by atoms with Crippen molar-refractivity contribution in [2.45, 2.75) is 45.5 Å². The molecule has 0 bridgehead atoms. The van der Waals surface area contributed by atoms with E-state index in [0.29, 0.717) is 41.4 Å². The normalized spacial score (nSPS) is 12.2. The Labute approximate surface area is 175 Å². The van der Waals surface area contributed by atoms with Crippen LogP contribution in [0.25, 0.3) is 10.9 Å². The second kappa shape index (κ2) is 8.50. The molecule has 0 radical (unpaired) electrons. The van der Waals surface area contributed by atoms with Gasteiger partial charge in [0, 0.05) is 30.1 Å². The summed E-state index contributed by atoms with van der Waals surface area (Å²) in [5, 5.41) is 12.7. The van der Waals surface area contributed by atoms with Crippen LogP contribution in [-0.4, -0.2) is 33.0 Å². The molecule has 2 heterocycles. The summed E-state index contributed by atoms with van der Waals surface area (Å²) in [6.07, 6.45) is -2.86. The maximum Gasteiger partial charge on any atom is 0.416 e. The molecule has 0 aliphatic heterocycles. The number of hydrogen-bond acceptors (Lipinski definition) is 6. The van der Waals surface area contributed by atoms with Crippen LogP contribution in [0.15, 0.2) is 29.8 Å². The summed E-state index contributed by atoms with van der Waals surface area (Å²) in [4.78, 5) is 15.8. The minimum absolute atomic E-state index is 0.297. The topological polar surface area (TPSA) is 81.1 Å². The molecule has 0 spiro atoms. The van der Waals surface area contributed by atoms with Crippen LogP contribution in [0.1, 0.15) is 32.8 Å². The number of amides is 1. The number of hydrogen-bond donors (Lipinski definition) is 2. The molecule has 3 aromatic rings. The van der Waals surface area contributed by atoms with Gasteiger partial charge >= 0.3 is 12.3 Å². The Morgan fingerprint density at radius 2 is 2.03 bits per heavy atom. The van der Waals surface area contributed by atoms with E-state index in [9.17, 15) is 18.0 Å². The number of carbonyl (C=O) groups excluding carboxylic acids is 1. The number of aromatic nitrogens is 3. The summed E-state index contributed by atoms with van der Waals surface area (Å²) in [6, 6.07) is 3.51. The van der Waals surface area contributed by atoms with E-state index in [0.717, 1.165) is 12.1 Å². The Hall–Kier alpha value is -2.82. The van der Waals surface area contributed by atoms with Crippen molar-refractivity contribution in [2.75, 3.05) is 11.9 Å². The van der Waals surface area contributed by atoms with Gasteiger partial charge in [0.1, 0.15) is 5.60 Å². The fourth-order valence-electron chi connectivity index (χ4n) is 2.74. The maximum absolute atomic E-state index is 13.2. The standard InChI is InChI=1S/C19H22F3N5O2S/c1-18(2,3)29-17(28)24-7-4-9-27-14-6-5-12(19(20,21)22)11-13(14)15(26-27)25-16-23-8-10-30-16/h5-6,8,10-11H,4,7,9H2,1-3H3,(H,24,28)(H,23,25,26). The minimum Gasteiger partial charge on any atom is -0.444 e. The Morgan fingerprint density at radius 1 is 1.27 bits per heavy atom. The first kappa shape index (κ1) is 21.9. The van der Waals surface area contributed by atoms with Crippen LogP contribution in [0.3, 0.4) is 0 Å². The molecule has 1 aromatic carbocycles. The number of aryl methyl sites for hydroxylation is 1. The molecule has 162 valence electrons. The summed E-state index contributed by atoms with van der Waals surface area (Å²) in [5.74, 6) is 0.297. The molecule has 0 unspecified atom stereocenters. The van der Waals surface area contributed by atoms with Gasteiger partial charge in [-0.05, 0) is 45.4 Å². The summed E-state index contributed by atoms with van der Waals surface area (Å²) in [6.45, 7) is 6.06. The van der Waals surface area contributed by atoms with E-state index < -0.39 is 23.4 Å². The molecule has 0 fully saturated rings. The zero-order chi connectivity index (χ0) is 21.9. The molecule has 30 heavy (non-hydrogen) atoms. The predicted octanol–water partition coefficient (Wildman–Crippen LogP) is 5.17. The number of ether oxygens (including phenoxy) is 1. The van der Waals surface area contributed by atoms with E-state index in [-0.39, 0.29) is 0 Å². The lowest BCUT2D eigenvalue weighted by atomic mass is 10.1. The number of fused-ring (bicyclic) bond motifs is 1.